The summed E-state index contributed by atoms with van der Waals surface area (Å²) >= 11 is 0. The van der Waals surface area contributed by atoms with Gasteiger partial charge in [-0.15, -0.1) is 12.4 Å². The number of unbranched alkanes of at least 4 members (excludes halogenated alkanes) is 7. The van der Waals surface area contributed by atoms with E-state index in [1.807, 2.05) is 0 Å². The zero-order valence-corrected chi connectivity index (χ0v) is 17.9. The summed E-state index contributed by atoms with van der Waals surface area (Å²) in [5, 5.41) is 58.0. The standard InChI is InChI=1S/C19H38O7.ClH.H3N/c1-2-3-4-5-6-7-8-9-11-16(23)19(26,12-10-13-20)18(25)17(24)15(22)14-21;;/h15,17-18,20-22,24-26H,2-14H2,1H3;1H;1H3. The van der Waals surface area contributed by atoms with Crippen LogP contribution in [0.25, 0.3) is 0 Å². The lowest BCUT2D eigenvalue weighted by molar-refractivity contribution is -0.177. The van der Waals surface area contributed by atoms with E-state index in [2.05, 4.69) is 6.92 Å². The highest BCUT2D eigenvalue weighted by molar-refractivity contribution is 5.87. The monoisotopic (exact) mass is 431 g/mol. The van der Waals surface area contributed by atoms with Gasteiger partial charge in [0.25, 0.3) is 0 Å². The predicted molar refractivity (Wildman–Crippen MR) is 111 cm³/mol. The molecular formula is C19H42ClNO7. The van der Waals surface area contributed by atoms with Crippen LogP contribution in [-0.4, -0.2) is 73.5 Å². The molecule has 172 valence electrons. The molecule has 0 aromatic rings. The third kappa shape index (κ3) is 11.6. The molecule has 8 nitrogen and oxygen atoms in total. The molecule has 9 N–H and O–H groups in total. The summed E-state index contributed by atoms with van der Waals surface area (Å²) in [6, 6.07) is 0. The van der Waals surface area contributed by atoms with Crippen molar-refractivity contribution in [2.75, 3.05) is 13.2 Å². The first-order chi connectivity index (χ1) is 12.3. The number of carbonyl (C=O) groups excluding carboxylic acids is 1. The summed E-state index contributed by atoms with van der Waals surface area (Å²) in [4.78, 5) is 12.5. The minimum absolute atomic E-state index is 0. The lowest BCUT2D eigenvalue weighted by atomic mass is 9.81. The van der Waals surface area contributed by atoms with Crippen LogP contribution in [0.2, 0.25) is 0 Å². The van der Waals surface area contributed by atoms with Crippen molar-refractivity contribution in [3.8, 4) is 0 Å². The van der Waals surface area contributed by atoms with Gasteiger partial charge in [-0.1, -0.05) is 51.9 Å². The van der Waals surface area contributed by atoms with Crippen LogP contribution in [0.4, 0.5) is 0 Å². The molecule has 0 fully saturated rings. The van der Waals surface area contributed by atoms with Crippen LogP contribution in [-0.2, 0) is 4.79 Å². The molecule has 0 rings (SSSR count). The first-order valence-corrected chi connectivity index (χ1v) is 9.86. The molecule has 0 bridgehead atoms. The second-order valence-electron chi connectivity index (χ2n) is 7.08. The first kappa shape index (κ1) is 32.3. The quantitative estimate of drug-likeness (QED) is 0.168. The molecule has 0 spiro atoms. The van der Waals surface area contributed by atoms with E-state index < -0.39 is 36.3 Å². The van der Waals surface area contributed by atoms with Gasteiger partial charge in [-0.05, 0) is 19.3 Å². The fourth-order valence-electron chi connectivity index (χ4n) is 3.04. The van der Waals surface area contributed by atoms with Crippen molar-refractivity contribution in [1.29, 1.82) is 0 Å². The molecule has 0 heterocycles. The Hall–Kier alpha value is -0.320. The van der Waals surface area contributed by atoms with Gasteiger partial charge >= 0.3 is 0 Å². The Labute approximate surface area is 175 Å². The van der Waals surface area contributed by atoms with Crippen molar-refractivity contribution < 1.29 is 35.4 Å². The highest BCUT2D eigenvalue weighted by atomic mass is 35.5. The Balaban J connectivity index is -0.00000312. The first-order valence-electron chi connectivity index (χ1n) is 9.86. The summed E-state index contributed by atoms with van der Waals surface area (Å²) < 4.78 is 0. The van der Waals surface area contributed by atoms with Crippen LogP contribution in [0.5, 0.6) is 0 Å². The van der Waals surface area contributed by atoms with E-state index in [-0.39, 0.29) is 44.4 Å². The number of hydrogen-bond donors (Lipinski definition) is 7. The van der Waals surface area contributed by atoms with Crippen molar-refractivity contribution in [1.82, 2.24) is 6.15 Å². The maximum atomic E-state index is 12.5. The molecule has 0 saturated heterocycles. The van der Waals surface area contributed by atoms with Gasteiger partial charge in [-0.3, -0.25) is 4.79 Å². The summed E-state index contributed by atoms with van der Waals surface area (Å²) in [5.74, 6) is -0.617. The lowest BCUT2D eigenvalue weighted by Gasteiger charge is -2.35. The third-order valence-corrected chi connectivity index (χ3v) is 4.85. The number of rotatable bonds is 17. The molecule has 0 aromatic carbocycles. The van der Waals surface area contributed by atoms with Gasteiger partial charge in [0.15, 0.2) is 11.4 Å². The maximum Gasteiger partial charge on any atom is 0.167 e. The molecule has 0 radical (unpaired) electrons. The van der Waals surface area contributed by atoms with Crippen molar-refractivity contribution in [2.24, 2.45) is 0 Å². The van der Waals surface area contributed by atoms with Gasteiger partial charge in [0.05, 0.1) is 6.61 Å². The Morgan fingerprint density at radius 2 is 1.39 bits per heavy atom. The van der Waals surface area contributed by atoms with Crippen LogP contribution >= 0.6 is 12.4 Å². The van der Waals surface area contributed by atoms with E-state index in [1.54, 1.807) is 0 Å². The Bertz CT molecular complexity index is 376. The van der Waals surface area contributed by atoms with Crippen LogP contribution < -0.4 is 6.15 Å². The van der Waals surface area contributed by atoms with Crippen molar-refractivity contribution in [3.63, 3.8) is 0 Å². The molecule has 0 aromatic heterocycles. The van der Waals surface area contributed by atoms with Crippen LogP contribution in [0.15, 0.2) is 0 Å². The molecule has 9 heteroatoms. The number of aliphatic hydroxyl groups excluding tert-OH is 5. The minimum Gasteiger partial charge on any atom is -0.396 e. The molecule has 4 unspecified atom stereocenters. The normalized spacial score (nSPS) is 16.2. The fourth-order valence-corrected chi connectivity index (χ4v) is 3.04. The predicted octanol–water partition coefficient (Wildman–Crippen LogP) is 1.25. The number of halogens is 1. The average molecular weight is 432 g/mol. The maximum absolute atomic E-state index is 12.5. The van der Waals surface area contributed by atoms with E-state index in [1.165, 1.54) is 25.7 Å². The topological polar surface area (TPSA) is 173 Å². The Morgan fingerprint density at radius 1 is 0.893 bits per heavy atom. The summed E-state index contributed by atoms with van der Waals surface area (Å²) in [6.45, 7) is 1.08. The smallest absolute Gasteiger partial charge is 0.167 e. The van der Waals surface area contributed by atoms with Crippen molar-refractivity contribution in [2.45, 2.75) is 101 Å². The van der Waals surface area contributed by atoms with Crippen molar-refractivity contribution >= 4 is 18.2 Å². The fraction of sp³-hybridized carbons (Fsp3) is 0.947. The number of carbonyl (C=O) groups is 1. The molecule has 0 aliphatic rings. The van der Waals surface area contributed by atoms with Gasteiger partial charge in [0.2, 0.25) is 0 Å². The second kappa shape index (κ2) is 18.7. The zero-order valence-electron chi connectivity index (χ0n) is 17.1. The van der Waals surface area contributed by atoms with Crippen molar-refractivity contribution in [3.05, 3.63) is 0 Å². The van der Waals surface area contributed by atoms with E-state index in [4.69, 9.17) is 10.2 Å². The number of Topliss-reactive ketones (excluding diaryl/α,β-unsaturated/α-hetero) is 1. The molecule has 28 heavy (non-hydrogen) atoms. The number of ketones is 1. The van der Waals surface area contributed by atoms with Gasteiger partial charge in [-0.2, -0.15) is 0 Å². The van der Waals surface area contributed by atoms with Gasteiger partial charge in [0, 0.05) is 13.0 Å². The van der Waals surface area contributed by atoms with E-state index in [9.17, 15) is 25.2 Å². The largest absolute Gasteiger partial charge is 0.396 e. The summed E-state index contributed by atoms with van der Waals surface area (Å²) in [7, 11) is 0. The summed E-state index contributed by atoms with van der Waals surface area (Å²) in [5.41, 5.74) is -2.25. The van der Waals surface area contributed by atoms with Crippen LogP contribution in [0, 0.1) is 0 Å². The average Bonchev–Trinajstić information content (AvgIpc) is 2.65. The Morgan fingerprint density at radius 3 is 1.86 bits per heavy atom. The lowest BCUT2D eigenvalue weighted by Crippen LogP contribution is -2.58. The van der Waals surface area contributed by atoms with Crippen LogP contribution in [0.1, 0.15) is 77.6 Å². The van der Waals surface area contributed by atoms with Crippen LogP contribution in [0.3, 0.4) is 0 Å². The second-order valence-corrected chi connectivity index (χ2v) is 7.08. The third-order valence-electron chi connectivity index (χ3n) is 4.85. The highest BCUT2D eigenvalue weighted by Crippen LogP contribution is 2.25. The van der Waals surface area contributed by atoms with Gasteiger partial charge in [-0.25, -0.2) is 0 Å². The van der Waals surface area contributed by atoms with Gasteiger partial charge < -0.3 is 36.8 Å². The Kier molecular flexibility index (Phi) is 21.6. The number of aliphatic hydroxyl groups is 6. The molecule has 4 atom stereocenters. The van der Waals surface area contributed by atoms with E-state index in [0.717, 1.165) is 19.3 Å². The van der Waals surface area contributed by atoms with E-state index in [0.29, 0.717) is 6.42 Å². The molecule has 0 aliphatic heterocycles. The molecular weight excluding hydrogens is 390 g/mol. The number of hydrogen-bond acceptors (Lipinski definition) is 8. The molecule has 0 amide bonds. The summed E-state index contributed by atoms with van der Waals surface area (Å²) in [6.07, 6.45) is 2.77. The molecule has 0 saturated carbocycles. The van der Waals surface area contributed by atoms with Gasteiger partial charge in [0.1, 0.15) is 18.3 Å². The minimum atomic E-state index is -2.25. The molecule has 0 aliphatic carbocycles. The zero-order chi connectivity index (χ0) is 20.0. The highest BCUT2D eigenvalue weighted by Gasteiger charge is 2.46. The van der Waals surface area contributed by atoms with E-state index >= 15 is 0 Å². The SMILES string of the molecule is CCCCCCCCCCC(=O)C(O)(CCCO)C(O)C(O)C(O)CO.Cl.N.